The molecule has 1 aromatic heterocycles. The van der Waals surface area contributed by atoms with Crippen LogP contribution in [0.4, 0.5) is 11.5 Å². The highest BCUT2D eigenvalue weighted by Gasteiger charge is 2.13. The number of anilines is 1. The van der Waals surface area contributed by atoms with Gasteiger partial charge in [0.05, 0.1) is 21.7 Å². The van der Waals surface area contributed by atoms with Crippen molar-refractivity contribution >= 4 is 27.4 Å². The van der Waals surface area contributed by atoms with Gasteiger partial charge in [0.25, 0.3) is 5.69 Å². The summed E-state index contributed by atoms with van der Waals surface area (Å²) in [4.78, 5) is 18.8. The lowest BCUT2D eigenvalue weighted by Gasteiger charge is -2.08. The van der Waals surface area contributed by atoms with Crippen molar-refractivity contribution in [1.82, 2.24) is 9.97 Å². The van der Waals surface area contributed by atoms with Crippen molar-refractivity contribution in [3.63, 3.8) is 0 Å². The largest absolute Gasteiger partial charge is 0.383 e. The van der Waals surface area contributed by atoms with Crippen LogP contribution in [-0.4, -0.2) is 22.0 Å². The number of nitrogens with two attached hydrogens (primary N) is 1. The van der Waals surface area contributed by atoms with Gasteiger partial charge in [-0.3, -0.25) is 10.1 Å². The lowest BCUT2D eigenvalue weighted by Crippen LogP contribution is -2.04. The predicted molar refractivity (Wildman–Crippen MR) is 76.9 cm³/mol. The van der Waals surface area contributed by atoms with Crippen LogP contribution in [-0.2, 0) is 11.3 Å². The van der Waals surface area contributed by atoms with E-state index in [0.29, 0.717) is 21.6 Å². The molecule has 2 N–H and O–H groups in total. The van der Waals surface area contributed by atoms with E-state index in [1.54, 1.807) is 12.1 Å². The van der Waals surface area contributed by atoms with E-state index in [1.807, 2.05) is 0 Å². The summed E-state index contributed by atoms with van der Waals surface area (Å²) in [5, 5.41) is 10.8. The van der Waals surface area contributed by atoms with E-state index in [4.69, 9.17) is 10.5 Å². The Labute approximate surface area is 123 Å². The summed E-state index contributed by atoms with van der Waals surface area (Å²) in [6, 6.07) is 6.07. The van der Waals surface area contributed by atoms with Crippen LogP contribution in [0.1, 0.15) is 5.69 Å². The summed E-state index contributed by atoms with van der Waals surface area (Å²) >= 11 is 3.29. The number of non-ortho nitro benzene ring substituents is 1. The SMILES string of the molecule is COCc1nc(-c2cccc([N+](=O)[O-])c2)nc(N)c1Br. The third kappa shape index (κ3) is 2.91. The zero-order valence-electron chi connectivity index (χ0n) is 10.5. The maximum absolute atomic E-state index is 10.8. The molecule has 0 fully saturated rings. The monoisotopic (exact) mass is 338 g/mol. The van der Waals surface area contributed by atoms with Crippen molar-refractivity contribution in [2.24, 2.45) is 0 Å². The summed E-state index contributed by atoms with van der Waals surface area (Å²) in [6.45, 7) is 0.259. The van der Waals surface area contributed by atoms with E-state index in [9.17, 15) is 10.1 Å². The van der Waals surface area contributed by atoms with E-state index in [0.717, 1.165) is 0 Å². The van der Waals surface area contributed by atoms with E-state index >= 15 is 0 Å². The molecule has 7 nitrogen and oxygen atoms in total. The Morgan fingerprint density at radius 2 is 2.20 bits per heavy atom. The number of nitrogen functional groups attached to an aromatic ring is 1. The Bertz CT molecular complexity index is 663. The second kappa shape index (κ2) is 5.93. The standard InChI is InChI=1S/C12H11BrN4O3/c1-20-6-9-10(13)11(14)16-12(15-9)7-3-2-4-8(5-7)17(18)19/h2-5H,6H2,1H3,(H2,14,15,16). The summed E-state index contributed by atoms with van der Waals surface area (Å²) in [6.07, 6.45) is 0. The first kappa shape index (κ1) is 14.4. The number of rotatable bonds is 4. The minimum absolute atomic E-state index is 0.0270. The Morgan fingerprint density at radius 3 is 2.85 bits per heavy atom. The average molecular weight is 339 g/mol. The van der Waals surface area contributed by atoms with Gasteiger partial charge in [0.2, 0.25) is 0 Å². The van der Waals surface area contributed by atoms with Crippen LogP contribution in [0, 0.1) is 10.1 Å². The Hall–Kier alpha value is -2.06. The number of ether oxygens (including phenoxy) is 1. The van der Waals surface area contributed by atoms with Crippen LogP contribution in [0.3, 0.4) is 0 Å². The van der Waals surface area contributed by atoms with Crippen molar-refractivity contribution in [3.8, 4) is 11.4 Å². The highest BCUT2D eigenvalue weighted by atomic mass is 79.9. The molecule has 0 bridgehead atoms. The molecule has 0 aliphatic rings. The fourth-order valence-corrected chi connectivity index (χ4v) is 1.92. The smallest absolute Gasteiger partial charge is 0.270 e. The molecule has 0 saturated heterocycles. The number of halogens is 1. The summed E-state index contributed by atoms with van der Waals surface area (Å²) < 4.78 is 5.60. The molecular weight excluding hydrogens is 328 g/mol. The Kier molecular flexibility index (Phi) is 4.26. The maximum Gasteiger partial charge on any atom is 0.270 e. The molecule has 0 aliphatic heterocycles. The third-order valence-electron chi connectivity index (χ3n) is 2.54. The van der Waals surface area contributed by atoms with Crippen LogP contribution in [0.15, 0.2) is 28.7 Å². The molecule has 0 atom stereocenters. The van der Waals surface area contributed by atoms with Gasteiger partial charge in [-0.05, 0) is 15.9 Å². The fourth-order valence-electron chi connectivity index (χ4n) is 1.63. The molecule has 0 aliphatic carbocycles. The minimum Gasteiger partial charge on any atom is -0.383 e. The highest BCUT2D eigenvalue weighted by molar-refractivity contribution is 9.10. The van der Waals surface area contributed by atoms with Gasteiger partial charge in [0.1, 0.15) is 5.82 Å². The molecule has 0 unspecified atom stereocenters. The molecule has 104 valence electrons. The topological polar surface area (TPSA) is 104 Å². The number of nitrogens with zero attached hydrogens (tertiary/aromatic N) is 3. The fraction of sp³-hybridized carbons (Fsp3) is 0.167. The van der Waals surface area contributed by atoms with Crippen LogP contribution in [0.5, 0.6) is 0 Å². The summed E-state index contributed by atoms with van der Waals surface area (Å²) in [7, 11) is 1.54. The molecule has 0 amide bonds. The number of nitro benzene ring substituents is 1. The van der Waals surface area contributed by atoms with Crippen LogP contribution in [0.25, 0.3) is 11.4 Å². The quantitative estimate of drug-likeness (QED) is 0.678. The van der Waals surface area contributed by atoms with E-state index in [2.05, 4.69) is 25.9 Å². The molecule has 2 rings (SSSR count). The van der Waals surface area contributed by atoms with Crippen LogP contribution >= 0.6 is 15.9 Å². The van der Waals surface area contributed by atoms with Crippen LogP contribution < -0.4 is 5.73 Å². The Balaban J connectivity index is 2.52. The molecule has 0 saturated carbocycles. The number of hydrogen-bond donors (Lipinski definition) is 1. The first-order chi connectivity index (χ1) is 9.52. The van der Waals surface area contributed by atoms with Gasteiger partial charge in [-0.15, -0.1) is 0 Å². The highest BCUT2D eigenvalue weighted by Crippen LogP contribution is 2.27. The first-order valence-electron chi connectivity index (χ1n) is 5.58. The first-order valence-corrected chi connectivity index (χ1v) is 6.38. The molecule has 8 heteroatoms. The number of hydrogen-bond acceptors (Lipinski definition) is 6. The number of aromatic nitrogens is 2. The average Bonchev–Trinajstić information content (AvgIpc) is 2.44. The van der Waals surface area contributed by atoms with Crippen molar-refractivity contribution in [3.05, 3.63) is 44.5 Å². The molecule has 20 heavy (non-hydrogen) atoms. The van der Waals surface area contributed by atoms with Gasteiger partial charge in [-0.25, -0.2) is 9.97 Å². The molecule has 2 aromatic rings. The van der Waals surface area contributed by atoms with E-state index < -0.39 is 4.92 Å². The van der Waals surface area contributed by atoms with Gasteiger partial charge in [-0.2, -0.15) is 0 Å². The van der Waals surface area contributed by atoms with Crippen LogP contribution in [0.2, 0.25) is 0 Å². The molecule has 0 spiro atoms. The van der Waals surface area contributed by atoms with Gasteiger partial charge in [0, 0.05) is 24.8 Å². The lowest BCUT2D eigenvalue weighted by molar-refractivity contribution is -0.384. The lowest BCUT2D eigenvalue weighted by atomic mass is 10.2. The van der Waals surface area contributed by atoms with Crippen molar-refractivity contribution in [1.29, 1.82) is 0 Å². The number of nitro groups is 1. The molecule has 1 aromatic carbocycles. The van der Waals surface area contributed by atoms with Gasteiger partial charge in [0.15, 0.2) is 5.82 Å². The van der Waals surface area contributed by atoms with Gasteiger partial charge >= 0.3 is 0 Å². The molecule has 1 heterocycles. The zero-order valence-corrected chi connectivity index (χ0v) is 12.1. The van der Waals surface area contributed by atoms with Crippen molar-refractivity contribution in [2.75, 3.05) is 12.8 Å². The maximum atomic E-state index is 10.8. The number of methoxy groups -OCH3 is 1. The van der Waals surface area contributed by atoms with Gasteiger partial charge in [-0.1, -0.05) is 12.1 Å². The van der Waals surface area contributed by atoms with Gasteiger partial charge < -0.3 is 10.5 Å². The minimum atomic E-state index is -0.470. The van der Waals surface area contributed by atoms with E-state index in [1.165, 1.54) is 19.2 Å². The second-order valence-electron chi connectivity index (χ2n) is 3.93. The second-order valence-corrected chi connectivity index (χ2v) is 4.73. The molecule has 0 radical (unpaired) electrons. The summed E-state index contributed by atoms with van der Waals surface area (Å²) in [5.74, 6) is 0.579. The third-order valence-corrected chi connectivity index (χ3v) is 3.41. The zero-order chi connectivity index (χ0) is 14.7. The predicted octanol–water partition coefficient (Wildman–Crippen LogP) is 2.54. The van der Waals surface area contributed by atoms with Crippen molar-refractivity contribution < 1.29 is 9.66 Å². The molecular formula is C12H11BrN4O3. The summed E-state index contributed by atoms with van der Waals surface area (Å²) in [5.41, 5.74) is 6.88. The Morgan fingerprint density at radius 1 is 1.45 bits per heavy atom. The normalized spacial score (nSPS) is 10.5. The van der Waals surface area contributed by atoms with Crippen molar-refractivity contribution in [2.45, 2.75) is 6.61 Å². The number of benzene rings is 1. The van der Waals surface area contributed by atoms with E-state index in [-0.39, 0.29) is 18.1 Å².